The van der Waals surface area contributed by atoms with Gasteiger partial charge in [-0.25, -0.2) is 0 Å². The molecule has 1 aromatic carbocycles. The van der Waals surface area contributed by atoms with E-state index in [1.165, 1.54) is 17.6 Å². The second-order valence-corrected chi connectivity index (χ2v) is 7.47. The first-order chi connectivity index (χ1) is 10.1. The molecule has 4 nitrogen and oxygen atoms in total. The van der Waals surface area contributed by atoms with Gasteiger partial charge in [0, 0.05) is 23.4 Å². The highest BCUT2D eigenvalue weighted by molar-refractivity contribution is 7.94. The number of aliphatic carboxylic acids is 1. The SMILES string of the molecule is Cc1ccc(SOC(C)(C)CCOC(C)(C)CC(=O)O)cc1. The number of benzene rings is 1. The Morgan fingerprint density at radius 1 is 1.14 bits per heavy atom. The van der Waals surface area contributed by atoms with Gasteiger partial charge in [0.1, 0.15) is 0 Å². The number of carboxylic acids is 1. The van der Waals surface area contributed by atoms with Crippen molar-refractivity contribution in [1.29, 1.82) is 0 Å². The topological polar surface area (TPSA) is 55.8 Å². The van der Waals surface area contributed by atoms with E-state index in [1.807, 2.05) is 26.0 Å². The summed E-state index contributed by atoms with van der Waals surface area (Å²) in [7, 11) is 0. The van der Waals surface area contributed by atoms with Crippen LogP contribution in [0.4, 0.5) is 0 Å². The number of hydrogen-bond acceptors (Lipinski definition) is 4. The first-order valence-corrected chi connectivity index (χ1v) is 8.12. The van der Waals surface area contributed by atoms with Crippen molar-refractivity contribution in [2.75, 3.05) is 6.61 Å². The van der Waals surface area contributed by atoms with Gasteiger partial charge >= 0.3 is 5.97 Å². The number of ether oxygens (including phenoxy) is 1. The first kappa shape index (κ1) is 19.0. The summed E-state index contributed by atoms with van der Waals surface area (Å²) >= 11 is 1.35. The van der Waals surface area contributed by atoms with E-state index in [-0.39, 0.29) is 12.0 Å². The van der Waals surface area contributed by atoms with E-state index in [0.717, 1.165) is 4.90 Å². The molecular formula is C17H26O4S. The van der Waals surface area contributed by atoms with E-state index >= 15 is 0 Å². The van der Waals surface area contributed by atoms with Gasteiger partial charge in [-0.2, -0.15) is 0 Å². The number of aryl methyl sites for hydroxylation is 1. The van der Waals surface area contributed by atoms with Crippen LogP contribution in [-0.2, 0) is 13.7 Å². The fourth-order valence-electron chi connectivity index (χ4n) is 1.78. The molecule has 0 radical (unpaired) electrons. The molecule has 124 valence electrons. The molecule has 0 amide bonds. The van der Waals surface area contributed by atoms with Gasteiger partial charge in [0.15, 0.2) is 0 Å². The van der Waals surface area contributed by atoms with Gasteiger partial charge in [0.05, 0.1) is 24.2 Å². The fourth-order valence-corrected chi connectivity index (χ4v) is 2.44. The Morgan fingerprint density at radius 3 is 2.27 bits per heavy atom. The Bertz CT molecular complexity index is 480. The molecule has 0 aliphatic heterocycles. The highest BCUT2D eigenvalue weighted by Gasteiger charge is 2.25. The Hall–Kier alpha value is -1.04. The third-order valence-electron chi connectivity index (χ3n) is 3.16. The van der Waals surface area contributed by atoms with Crippen molar-refractivity contribution in [3.05, 3.63) is 29.8 Å². The molecule has 0 aromatic heterocycles. The van der Waals surface area contributed by atoms with Gasteiger partial charge in [-0.15, -0.1) is 0 Å². The second kappa shape index (κ2) is 7.99. The Labute approximate surface area is 137 Å². The Balaban J connectivity index is 2.37. The Kier molecular flexibility index (Phi) is 6.91. The molecule has 22 heavy (non-hydrogen) atoms. The van der Waals surface area contributed by atoms with Gasteiger partial charge in [0.25, 0.3) is 0 Å². The van der Waals surface area contributed by atoms with Crippen molar-refractivity contribution in [3.63, 3.8) is 0 Å². The number of hydrogen-bond donors (Lipinski definition) is 1. The lowest BCUT2D eigenvalue weighted by atomic mass is 10.0. The first-order valence-electron chi connectivity index (χ1n) is 7.38. The van der Waals surface area contributed by atoms with Crippen molar-refractivity contribution in [3.8, 4) is 0 Å². The van der Waals surface area contributed by atoms with Crippen LogP contribution < -0.4 is 0 Å². The molecule has 0 heterocycles. The van der Waals surface area contributed by atoms with Crippen molar-refractivity contribution in [1.82, 2.24) is 0 Å². The third kappa shape index (κ3) is 7.82. The van der Waals surface area contributed by atoms with Crippen LogP contribution in [0.5, 0.6) is 0 Å². The molecule has 0 saturated heterocycles. The number of carbonyl (C=O) groups is 1. The van der Waals surface area contributed by atoms with Gasteiger partial charge in [-0.1, -0.05) is 17.7 Å². The van der Waals surface area contributed by atoms with Gasteiger partial charge in [-0.05, 0) is 46.8 Å². The van der Waals surface area contributed by atoms with Crippen molar-refractivity contribution in [2.45, 2.75) is 63.6 Å². The zero-order valence-electron chi connectivity index (χ0n) is 14.0. The fraction of sp³-hybridized carbons (Fsp3) is 0.588. The molecule has 0 aliphatic carbocycles. The molecule has 0 aliphatic rings. The maximum Gasteiger partial charge on any atom is 0.306 e. The summed E-state index contributed by atoms with van der Waals surface area (Å²) in [4.78, 5) is 11.8. The molecule has 0 unspecified atom stereocenters. The summed E-state index contributed by atoms with van der Waals surface area (Å²) < 4.78 is 11.5. The summed E-state index contributed by atoms with van der Waals surface area (Å²) in [5, 5.41) is 8.83. The standard InChI is InChI=1S/C17H26O4S/c1-13-6-8-14(9-7-13)22-21-16(2,3)10-11-20-17(4,5)12-15(18)19/h6-9H,10-12H2,1-5H3,(H,18,19). The van der Waals surface area contributed by atoms with Gasteiger partial charge < -0.3 is 14.0 Å². The van der Waals surface area contributed by atoms with E-state index in [1.54, 1.807) is 13.8 Å². The molecule has 0 saturated carbocycles. The lowest BCUT2D eigenvalue weighted by Gasteiger charge is -2.28. The van der Waals surface area contributed by atoms with E-state index in [4.69, 9.17) is 14.0 Å². The van der Waals surface area contributed by atoms with Crippen LogP contribution in [0.25, 0.3) is 0 Å². The quantitative estimate of drug-likeness (QED) is 0.679. The lowest BCUT2D eigenvalue weighted by Crippen LogP contribution is -2.31. The average Bonchev–Trinajstić information content (AvgIpc) is 2.36. The van der Waals surface area contributed by atoms with E-state index < -0.39 is 11.6 Å². The summed E-state index contributed by atoms with van der Waals surface area (Å²) in [5.41, 5.74) is 0.207. The van der Waals surface area contributed by atoms with Crippen LogP contribution in [0.2, 0.25) is 0 Å². The molecule has 0 bridgehead atoms. The maximum atomic E-state index is 10.8. The Morgan fingerprint density at radius 2 is 1.73 bits per heavy atom. The van der Waals surface area contributed by atoms with Crippen molar-refractivity contribution < 1.29 is 18.8 Å². The van der Waals surface area contributed by atoms with Crippen LogP contribution in [-0.4, -0.2) is 28.9 Å². The van der Waals surface area contributed by atoms with E-state index in [9.17, 15) is 4.79 Å². The van der Waals surface area contributed by atoms with E-state index in [2.05, 4.69) is 19.1 Å². The predicted octanol–water partition coefficient (Wildman–Crippen LogP) is 4.46. The summed E-state index contributed by atoms with van der Waals surface area (Å²) in [6.07, 6.45) is 0.682. The number of rotatable bonds is 9. The molecule has 1 rings (SSSR count). The predicted molar refractivity (Wildman–Crippen MR) is 89.1 cm³/mol. The largest absolute Gasteiger partial charge is 0.481 e. The molecular weight excluding hydrogens is 300 g/mol. The van der Waals surface area contributed by atoms with Crippen LogP contribution in [0.3, 0.4) is 0 Å². The van der Waals surface area contributed by atoms with Crippen molar-refractivity contribution >= 4 is 18.0 Å². The van der Waals surface area contributed by atoms with Gasteiger partial charge in [-0.3, -0.25) is 4.79 Å². The highest BCUT2D eigenvalue weighted by Crippen LogP contribution is 2.28. The molecule has 5 heteroatoms. The molecule has 1 aromatic rings. The van der Waals surface area contributed by atoms with Crippen molar-refractivity contribution in [2.24, 2.45) is 0 Å². The minimum Gasteiger partial charge on any atom is -0.481 e. The van der Waals surface area contributed by atoms with Gasteiger partial charge in [0.2, 0.25) is 0 Å². The number of carboxylic acid groups (broad SMARTS) is 1. The maximum absolute atomic E-state index is 10.8. The zero-order valence-corrected chi connectivity index (χ0v) is 14.8. The summed E-state index contributed by atoms with van der Waals surface area (Å²) in [5.74, 6) is -0.851. The smallest absolute Gasteiger partial charge is 0.306 e. The van der Waals surface area contributed by atoms with Crippen LogP contribution in [0, 0.1) is 6.92 Å². The van der Waals surface area contributed by atoms with Crippen LogP contribution in [0.15, 0.2) is 29.2 Å². The summed E-state index contributed by atoms with van der Waals surface area (Å²) in [6, 6.07) is 8.16. The molecule has 0 spiro atoms. The molecule has 0 fully saturated rings. The monoisotopic (exact) mass is 326 g/mol. The minimum absolute atomic E-state index is 0.00754. The molecule has 0 atom stereocenters. The molecule has 1 N–H and O–H groups in total. The van der Waals surface area contributed by atoms with Crippen LogP contribution in [0.1, 0.15) is 46.1 Å². The van der Waals surface area contributed by atoms with E-state index in [0.29, 0.717) is 13.0 Å². The lowest BCUT2D eigenvalue weighted by molar-refractivity contribution is -0.144. The second-order valence-electron chi connectivity index (χ2n) is 6.67. The average molecular weight is 326 g/mol. The third-order valence-corrected chi connectivity index (χ3v) is 4.16. The highest BCUT2D eigenvalue weighted by atomic mass is 32.2. The zero-order chi connectivity index (χ0) is 16.8. The summed E-state index contributed by atoms with van der Waals surface area (Å²) in [6.45, 7) is 10.1. The normalized spacial score (nSPS) is 12.4. The minimum atomic E-state index is -0.851. The van der Waals surface area contributed by atoms with Crippen LogP contribution >= 0.6 is 12.0 Å².